The van der Waals surface area contributed by atoms with Gasteiger partial charge in [-0.3, -0.25) is 13.9 Å². The largest absolute Gasteiger partial charge is 0.462 e. The standard InChI is InChI=1S/C20H21FN2O5S/c1-3-28-19(26)16-12(2)15-17(25)22(10-11-24)20(27)23(18(15)29-16)9-8-13-6-4-5-7-14(13)21/h4-7,24H,3,8-11H2,1-2H3. The molecule has 2 heterocycles. The van der Waals surface area contributed by atoms with Crippen molar-refractivity contribution in [2.45, 2.75) is 33.4 Å². The van der Waals surface area contributed by atoms with Gasteiger partial charge in [0.25, 0.3) is 5.56 Å². The van der Waals surface area contributed by atoms with E-state index in [0.717, 1.165) is 15.9 Å². The van der Waals surface area contributed by atoms with Crippen LogP contribution in [0.4, 0.5) is 4.39 Å². The first-order chi connectivity index (χ1) is 13.9. The zero-order valence-corrected chi connectivity index (χ0v) is 16.9. The monoisotopic (exact) mass is 420 g/mol. The van der Waals surface area contributed by atoms with E-state index in [1.807, 2.05) is 0 Å². The van der Waals surface area contributed by atoms with Gasteiger partial charge in [0.1, 0.15) is 15.5 Å². The maximum atomic E-state index is 14.0. The lowest BCUT2D eigenvalue weighted by atomic mass is 10.1. The van der Waals surface area contributed by atoms with Crippen LogP contribution in [0.15, 0.2) is 33.9 Å². The molecule has 0 bridgehead atoms. The molecule has 3 aromatic rings. The highest BCUT2D eigenvalue weighted by Gasteiger charge is 2.23. The molecule has 154 valence electrons. The Morgan fingerprint density at radius 3 is 2.59 bits per heavy atom. The van der Waals surface area contributed by atoms with Gasteiger partial charge in [0, 0.05) is 6.54 Å². The summed E-state index contributed by atoms with van der Waals surface area (Å²) in [5.41, 5.74) is -0.304. The Morgan fingerprint density at radius 2 is 1.93 bits per heavy atom. The van der Waals surface area contributed by atoms with Crippen LogP contribution in [0.2, 0.25) is 0 Å². The van der Waals surface area contributed by atoms with E-state index in [1.165, 1.54) is 10.6 Å². The number of esters is 1. The summed E-state index contributed by atoms with van der Waals surface area (Å²) in [6.45, 7) is 3.05. The molecule has 2 aromatic heterocycles. The number of aromatic nitrogens is 2. The van der Waals surface area contributed by atoms with Crippen LogP contribution in [0.5, 0.6) is 0 Å². The van der Waals surface area contributed by atoms with Crippen LogP contribution in [0.25, 0.3) is 10.2 Å². The number of fused-ring (bicyclic) bond motifs is 1. The summed E-state index contributed by atoms with van der Waals surface area (Å²) >= 11 is 1.01. The van der Waals surface area contributed by atoms with Crippen LogP contribution in [-0.4, -0.2) is 33.4 Å². The Kier molecular flexibility index (Phi) is 6.29. The molecular formula is C20H21FN2O5S. The van der Waals surface area contributed by atoms with Gasteiger partial charge < -0.3 is 9.84 Å². The quantitative estimate of drug-likeness (QED) is 0.591. The molecule has 1 aromatic carbocycles. The van der Waals surface area contributed by atoms with Crippen LogP contribution in [0.3, 0.4) is 0 Å². The fourth-order valence-corrected chi connectivity index (χ4v) is 4.43. The minimum atomic E-state index is -0.607. The second-order valence-electron chi connectivity index (χ2n) is 6.41. The van der Waals surface area contributed by atoms with E-state index in [1.54, 1.807) is 32.0 Å². The number of hydrogen-bond donors (Lipinski definition) is 1. The van der Waals surface area contributed by atoms with Gasteiger partial charge in [-0.25, -0.2) is 14.0 Å². The van der Waals surface area contributed by atoms with E-state index < -0.39 is 17.2 Å². The van der Waals surface area contributed by atoms with Gasteiger partial charge in [0.2, 0.25) is 0 Å². The van der Waals surface area contributed by atoms with Crippen molar-refractivity contribution in [3.8, 4) is 0 Å². The summed E-state index contributed by atoms with van der Waals surface area (Å²) in [5.74, 6) is -0.942. The Morgan fingerprint density at radius 1 is 1.21 bits per heavy atom. The summed E-state index contributed by atoms with van der Waals surface area (Å²) in [6, 6.07) is 6.26. The number of benzene rings is 1. The van der Waals surface area contributed by atoms with Gasteiger partial charge in [0.15, 0.2) is 0 Å². The summed E-state index contributed by atoms with van der Waals surface area (Å²) in [6.07, 6.45) is 0.227. The topological polar surface area (TPSA) is 90.5 Å². The third-order valence-electron chi connectivity index (χ3n) is 4.64. The number of ether oxygens (including phenoxy) is 1. The van der Waals surface area contributed by atoms with Crippen LogP contribution in [0, 0.1) is 12.7 Å². The lowest BCUT2D eigenvalue weighted by molar-refractivity contribution is 0.0531. The molecule has 1 N–H and O–H groups in total. The zero-order valence-electron chi connectivity index (χ0n) is 16.1. The first kappa shape index (κ1) is 20.9. The van der Waals surface area contributed by atoms with Crippen molar-refractivity contribution in [1.82, 2.24) is 9.13 Å². The molecule has 0 saturated carbocycles. The number of aliphatic hydroxyl groups excluding tert-OH is 1. The van der Waals surface area contributed by atoms with Gasteiger partial charge in [-0.15, -0.1) is 11.3 Å². The zero-order chi connectivity index (χ0) is 21.1. The van der Waals surface area contributed by atoms with Crippen LogP contribution < -0.4 is 11.2 Å². The third-order valence-corrected chi connectivity index (χ3v) is 5.94. The van der Waals surface area contributed by atoms with Crippen LogP contribution >= 0.6 is 11.3 Å². The maximum Gasteiger partial charge on any atom is 0.348 e. The number of carbonyl (C=O) groups is 1. The van der Waals surface area contributed by atoms with E-state index in [0.29, 0.717) is 16.0 Å². The molecular weight excluding hydrogens is 399 g/mol. The molecule has 0 radical (unpaired) electrons. The van der Waals surface area contributed by atoms with E-state index in [9.17, 15) is 23.9 Å². The van der Waals surface area contributed by atoms with Crippen molar-refractivity contribution < 1.29 is 19.0 Å². The van der Waals surface area contributed by atoms with E-state index in [-0.39, 0.29) is 48.8 Å². The van der Waals surface area contributed by atoms with Gasteiger partial charge in [0.05, 0.1) is 25.1 Å². The van der Waals surface area contributed by atoms with E-state index in [2.05, 4.69) is 0 Å². The minimum Gasteiger partial charge on any atom is -0.462 e. The predicted molar refractivity (Wildman–Crippen MR) is 108 cm³/mol. The Bertz CT molecular complexity index is 1180. The number of hydrogen-bond acceptors (Lipinski definition) is 6. The molecule has 0 atom stereocenters. The molecule has 0 amide bonds. The highest BCUT2D eigenvalue weighted by molar-refractivity contribution is 7.20. The molecule has 7 nitrogen and oxygen atoms in total. The molecule has 0 unspecified atom stereocenters. The van der Waals surface area contributed by atoms with Gasteiger partial charge in [-0.1, -0.05) is 18.2 Å². The van der Waals surface area contributed by atoms with Gasteiger partial charge >= 0.3 is 11.7 Å². The second kappa shape index (κ2) is 8.71. The molecule has 0 saturated heterocycles. The number of aryl methyl sites for hydroxylation is 3. The second-order valence-corrected chi connectivity index (χ2v) is 7.41. The van der Waals surface area contributed by atoms with E-state index >= 15 is 0 Å². The summed E-state index contributed by atoms with van der Waals surface area (Å²) < 4.78 is 21.4. The summed E-state index contributed by atoms with van der Waals surface area (Å²) in [7, 11) is 0. The van der Waals surface area contributed by atoms with Crippen molar-refractivity contribution in [3.63, 3.8) is 0 Å². The first-order valence-corrected chi connectivity index (χ1v) is 10.0. The average Bonchev–Trinajstić information content (AvgIpc) is 3.04. The van der Waals surface area contributed by atoms with Gasteiger partial charge in [-0.2, -0.15) is 0 Å². The SMILES string of the molecule is CCOC(=O)c1sc2c(c1C)c(=O)n(CCO)c(=O)n2CCc1ccccc1F. The number of aliphatic hydroxyl groups is 1. The normalized spacial score (nSPS) is 11.2. The predicted octanol–water partition coefficient (Wildman–Crippen LogP) is 2.08. The smallest absolute Gasteiger partial charge is 0.348 e. The number of halogens is 1. The summed E-state index contributed by atoms with van der Waals surface area (Å²) in [5, 5.41) is 9.52. The molecule has 0 aliphatic carbocycles. The number of thiophene rings is 1. The van der Waals surface area contributed by atoms with Gasteiger partial charge in [-0.05, 0) is 37.5 Å². The minimum absolute atomic E-state index is 0.115. The fraction of sp³-hybridized carbons (Fsp3) is 0.350. The Labute approximate surface area is 169 Å². The number of nitrogens with zero attached hydrogens (tertiary/aromatic N) is 2. The number of rotatable bonds is 7. The first-order valence-electron chi connectivity index (χ1n) is 9.18. The summed E-state index contributed by atoms with van der Waals surface area (Å²) in [4.78, 5) is 38.7. The van der Waals surface area contributed by atoms with Crippen molar-refractivity contribution in [3.05, 3.63) is 66.9 Å². The van der Waals surface area contributed by atoms with Crippen LogP contribution in [-0.2, 0) is 24.2 Å². The third kappa shape index (κ3) is 3.88. The highest BCUT2D eigenvalue weighted by atomic mass is 32.1. The van der Waals surface area contributed by atoms with E-state index in [4.69, 9.17) is 4.74 Å². The highest BCUT2D eigenvalue weighted by Crippen LogP contribution is 2.28. The average molecular weight is 420 g/mol. The van der Waals surface area contributed by atoms with Crippen LogP contribution in [0.1, 0.15) is 27.7 Å². The number of carbonyl (C=O) groups excluding carboxylic acids is 1. The van der Waals surface area contributed by atoms with Crippen molar-refractivity contribution in [2.24, 2.45) is 0 Å². The molecule has 0 aliphatic rings. The molecule has 0 fully saturated rings. The Balaban J connectivity index is 2.20. The van der Waals surface area contributed by atoms with Crippen molar-refractivity contribution in [1.29, 1.82) is 0 Å². The van der Waals surface area contributed by atoms with Crippen molar-refractivity contribution >= 4 is 27.5 Å². The molecule has 0 spiro atoms. The Hall–Kier alpha value is -2.78. The molecule has 0 aliphatic heterocycles. The molecule has 9 heteroatoms. The molecule has 3 rings (SSSR count). The molecule has 29 heavy (non-hydrogen) atoms. The maximum absolute atomic E-state index is 14.0. The van der Waals surface area contributed by atoms with Crippen molar-refractivity contribution in [2.75, 3.05) is 13.2 Å². The lowest BCUT2D eigenvalue weighted by Crippen LogP contribution is -2.40. The fourth-order valence-electron chi connectivity index (χ4n) is 3.21. The lowest BCUT2D eigenvalue weighted by Gasteiger charge is -2.12.